The molecule has 5 nitrogen and oxygen atoms in total. The van der Waals surface area contributed by atoms with Crippen molar-refractivity contribution in [2.75, 3.05) is 7.11 Å². The van der Waals surface area contributed by atoms with Crippen LogP contribution >= 0.6 is 34.5 Å². The molecule has 0 saturated heterocycles. The van der Waals surface area contributed by atoms with Crippen LogP contribution in [0.15, 0.2) is 63.5 Å². The van der Waals surface area contributed by atoms with E-state index in [2.05, 4.69) is 0 Å². The van der Waals surface area contributed by atoms with Crippen molar-refractivity contribution >= 4 is 46.4 Å². The van der Waals surface area contributed by atoms with Crippen molar-refractivity contribution < 1.29 is 9.53 Å². The van der Waals surface area contributed by atoms with Gasteiger partial charge in [0, 0.05) is 22.0 Å². The zero-order chi connectivity index (χ0) is 22.4. The number of hydrogen-bond acceptors (Lipinski definition) is 5. The Balaban J connectivity index is 1.74. The van der Waals surface area contributed by atoms with Crippen molar-refractivity contribution in [2.45, 2.75) is 25.3 Å². The molecule has 0 amide bonds. The van der Waals surface area contributed by atoms with Crippen molar-refractivity contribution in [3.8, 4) is 5.75 Å². The number of thiazole rings is 1. The van der Waals surface area contributed by atoms with Crippen LogP contribution in [0.5, 0.6) is 5.75 Å². The fourth-order valence-corrected chi connectivity index (χ4v) is 5.65. The molecule has 0 fully saturated rings. The highest BCUT2D eigenvalue weighted by Crippen LogP contribution is 2.36. The van der Waals surface area contributed by atoms with E-state index < -0.39 is 6.04 Å². The minimum atomic E-state index is -0.511. The first-order chi connectivity index (χ1) is 15.5. The Bertz CT molecular complexity index is 1450. The smallest absolute Gasteiger partial charge is 0.271 e. The maximum atomic E-state index is 13.5. The zero-order valence-electron chi connectivity index (χ0n) is 17.1. The molecule has 5 rings (SSSR count). The van der Waals surface area contributed by atoms with Crippen LogP contribution < -0.4 is 19.6 Å². The minimum absolute atomic E-state index is 0.0471. The summed E-state index contributed by atoms with van der Waals surface area (Å²) in [6.07, 6.45) is 3.71. The molecule has 2 aromatic carbocycles. The highest BCUT2D eigenvalue weighted by molar-refractivity contribution is 7.07. The molecule has 1 aromatic heterocycles. The third-order valence-corrected chi connectivity index (χ3v) is 7.25. The first kappa shape index (κ1) is 21.2. The largest absolute Gasteiger partial charge is 0.497 e. The van der Waals surface area contributed by atoms with Crippen molar-refractivity contribution in [1.29, 1.82) is 0 Å². The van der Waals surface area contributed by atoms with Gasteiger partial charge >= 0.3 is 0 Å². The molecular formula is C24H18Cl2N2O3S. The Morgan fingerprint density at radius 2 is 1.91 bits per heavy atom. The van der Waals surface area contributed by atoms with Gasteiger partial charge in [0.05, 0.1) is 23.4 Å². The van der Waals surface area contributed by atoms with Crippen LogP contribution in [-0.4, -0.2) is 17.5 Å². The van der Waals surface area contributed by atoms with Crippen LogP contribution in [0.25, 0.3) is 6.08 Å². The molecule has 1 atom stereocenters. The van der Waals surface area contributed by atoms with Gasteiger partial charge in [0.15, 0.2) is 10.6 Å². The summed E-state index contributed by atoms with van der Waals surface area (Å²) in [6, 6.07) is 12.1. The van der Waals surface area contributed by atoms with E-state index in [9.17, 15) is 9.59 Å². The molecule has 0 saturated carbocycles. The summed E-state index contributed by atoms with van der Waals surface area (Å²) in [5.41, 5.74) is 2.73. The van der Waals surface area contributed by atoms with E-state index in [1.54, 1.807) is 36.0 Å². The molecule has 0 spiro atoms. The number of halogens is 2. The molecular weight excluding hydrogens is 467 g/mol. The Kier molecular flexibility index (Phi) is 5.53. The lowest BCUT2D eigenvalue weighted by Crippen LogP contribution is -2.40. The molecule has 8 heteroatoms. The average molecular weight is 485 g/mol. The van der Waals surface area contributed by atoms with E-state index in [-0.39, 0.29) is 11.3 Å². The van der Waals surface area contributed by atoms with Gasteiger partial charge < -0.3 is 4.74 Å². The molecule has 1 unspecified atom stereocenters. The topological polar surface area (TPSA) is 60.7 Å². The summed E-state index contributed by atoms with van der Waals surface area (Å²) >= 11 is 13.6. The van der Waals surface area contributed by atoms with E-state index >= 15 is 0 Å². The summed E-state index contributed by atoms with van der Waals surface area (Å²) < 4.78 is 7.40. The molecule has 32 heavy (non-hydrogen) atoms. The van der Waals surface area contributed by atoms with Gasteiger partial charge in [-0.1, -0.05) is 52.7 Å². The monoisotopic (exact) mass is 484 g/mol. The second-order valence-corrected chi connectivity index (χ2v) is 9.51. The first-order valence-corrected chi connectivity index (χ1v) is 11.7. The molecule has 0 N–H and O–H groups in total. The van der Waals surface area contributed by atoms with Crippen LogP contribution in [0.2, 0.25) is 10.0 Å². The summed E-state index contributed by atoms with van der Waals surface area (Å²) in [5.74, 6) is 0.758. The lowest BCUT2D eigenvalue weighted by atomic mass is 9.86. The van der Waals surface area contributed by atoms with Crippen molar-refractivity contribution in [2.24, 2.45) is 4.99 Å². The van der Waals surface area contributed by atoms with Gasteiger partial charge in [0.25, 0.3) is 5.56 Å². The van der Waals surface area contributed by atoms with E-state index in [1.165, 1.54) is 11.3 Å². The number of nitrogens with zero attached hydrogens (tertiary/aromatic N) is 2. The number of ketones is 1. The predicted molar refractivity (Wildman–Crippen MR) is 126 cm³/mol. The number of fused-ring (bicyclic) bond motifs is 1. The fraction of sp³-hybridized carbons (Fsp3) is 0.208. The first-order valence-electron chi connectivity index (χ1n) is 10.1. The number of benzene rings is 2. The van der Waals surface area contributed by atoms with E-state index in [1.807, 2.05) is 24.3 Å². The van der Waals surface area contributed by atoms with Gasteiger partial charge in [0.1, 0.15) is 5.75 Å². The second-order valence-electron chi connectivity index (χ2n) is 7.66. The van der Waals surface area contributed by atoms with Gasteiger partial charge in [-0.2, -0.15) is 0 Å². The summed E-state index contributed by atoms with van der Waals surface area (Å²) in [6.45, 7) is 0. The minimum Gasteiger partial charge on any atom is -0.497 e. The summed E-state index contributed by atoms with van der Waals surface area (Å²) in [4.78, 5) is 31.8. The third-order valence-electron chi connectivity index (χ3n) is 5.71. The predicted octanol–water partition coefficient (Wildman–Crippen LogP) is 4.28. The SMILES string of the molecule is COc1ccc(C2C3=C(CCCC3=O)N=c3sc(=Cc4ccc(Cl)cc4Cl)c(=O)n32)cc1. The second kappa shape index (κ2) is 8.35. The molecule has 2 aliphatic rings. The molecule has 0 radical (unpaired) electrons. The average Bonchev–Trinajstić information content (AvgIpc) is 3.09. The highest BCUT2D eigenvalue weighted by Gasteiger charge is 2.34. The number of carbonyl (C=O) groups is 1. The molecule has 3 aromatic rings. The van der Waals surface area contributed by atoms with E-state index in [0.29, 0.717) is 42.7 Å². The van der Waals surface area contributed by atoms with Crippen LogP contribution in [0.1, 0.15) is 36.4 Å². The lowest BCUT2D eigenvalue weighted by Gasteiger charge is -2.28. The molecule has 0 bridgehead atoms. The fourth-order valence-electron chi connectivity index (χ4n) is 4.17. The maximum absolute atomic E-state index is 13.5. The Morgan fingerprint density at radius 3 is 2.62 bits per heavy atom. The third kappa shape index (κ3) is 3.62. The van der Waals surface area contributed by atoms with E-state index in [0.717, 1.165) is 24.1 Å². The summed E-state index contributed by atoms with van der Waals surface area (Å²) in [7, 11) is 1.60. The van der Waals surface area contributed by atoms with Crippen LogP contribution in [0.3, 0.4) is 0 Å². The van der Waals surface area contributed by atoms with E-state index in [4.69, 9.17) is 32.9 Å². The van der Waals surface area contributed by atoms with Crippen LogP contribution in [0, 0.1) is 0 Å². The number of methoxy groups -OCH3 is 1. The number of aromatic nitrogens is 1. The van der Waals surface area contributed by atoms with Gasteiger partial charge in [0.2, 0.25) is 0 Å². The summed E-state index contributed by atoms with van der Waals surface area (Å²) in [5, 5.41) is 0.990. The highest BCUT2D eigenvalue weighted by atomic mass is 35.5. The van der Waals surface area contributed by atoms with Crippen LogP contribution in [0.4, 0.5) is 0 Å². The van der Waals surface area contributed by atoms with Gasteiger partial charge in [-0.3, -0.25) is 14.2 Å². The van der Waals surface area contributed by atoms with Gasteiger partial charge in [-0.05, 0) is 54.3 Å². The van der Waals surface area contributed by atoms with Crippen LogP contribution in [-0.2, 0) is 4.79 Å². The number of ether oxygens (including phenoxy) is 1. The van der Waals surface area contributed by atoms with Crippen molar-refractivity contribution in [3.63, 3.8) is 0 Å². The molecule has 2 heterocycles. The van der Waals surface area contributed by atoms with Crippen molar-refractivity contribution in [3.05, 3.63) is 94.6 Å². The Labute approximate surface area is 197 Å². The molecule has 1 aliphatic heterocycles. The Hall–Kier alpha value is -2.67. The normalized spacial score (nSPS) is 18.3. The number of hydrogen-bond donors (Lipinski definition) is 0. The number of rotatable bonds is 3. The van der Waals surface area contributed by atoms with Gasteiger partial charge in [-0.15, -0.1) is 0 Å². The Morgan fingerprint density at radius 1 is 1.12 bits per heavy atom. The maximum Gasteiger partial charge on any atom is 0.271 e. The number of allylic oxidation sites excluding steroid dienone is 2. The quantitative estimate of drug-likeness (QED) is 0.557. The number of Topliss-reactive ketones (excluding diaryl/α,β-unsaturated/α-hetero) is 1. The van der Waals surface area contributed by atoms with Crippen molar-refractivity contribution in [1.82, 2.24) is 4.57 Å². The molecule has 1 aliphatic carbocycles. The standard InChI is InChI=1S/C24H18Cl2N2O3S/c1-31-16-9-6-13(7-10-16)22-21-18(3-2-4-19(21)29)27-24-28(22)23(30)20(32-24)11-14-5-8-15(25)12-17(14)26/h5-12,22H,2-4H2,1H3. The lowest BCUT2D eigenvalue weighted by molar-refractivity contribution is -0.116. The molecule has 162 valence electrons. The van der Waals surface area contributed by atoms with Gasteiger partial charge in [-0.25, -0.2) is 4.99 Å². The zero-order valence-corrected chi connectivity index (χ0v) is 19.4. The number of carbonyl (C=O) groups excluding carboxylic acids is 1.